The van der Waals surface area contributed by atoms with Crippen LogP contribution in [0.4, 0.5) is 0 Å². The molecule has 20 heavy (non-hydrogen) atoms. The zero-order valence-electron chi connectivity index (χ0n) is 12.8. The number of carbonyl (C=O) groups excluding carboxylic acids is 1. The molecule has 0 atom stereocenters. The second-order valence-electron chi connectivity index (χ2n) is 5.78. The van der Waals surface area contributed by atoms with E-state index in [0.717, 1.165) is 32.5 Å². The molecular formula is C13H27N3O3S. The van der Waals surface area contributed by atoms with Gasteiger partial charge < -0.3 is 10.2 Å². The fourth-order valence-electron chi connectivity index (χ4n) is 2.27. The van der Waals surface area contributed by atoms with E-state index in [0.29, 0.717) is 19.0 Å². The third kappa shape index (κ3) is 7.21. The second-order valence-corrected chi connectivity index (χ2v) is 8.04. The molecule has 0 spiro atoms. The van der Waals surface area contributed by atoms with Crippen molar-refractivity contribution < 1.29 is 13.2 Å². The van der Waals surface area contributed by atoms with Gasteiger partial charge in [-0.1, -0.05) is 0 Å². The summed E-state index contributed by atoms with van der Waals surface area (Å²) in [5.74, 6) is 0.389. The first kappa shape index (κ1) is 17.4. The van der Waals surface area contributed by atoms with E-state index in [1.165, 1.54) is 6.26 Å². The van der Waals surface area contributed by atoms with E-state index in [1.807, 2.05) is 0 Å². The van der Waals surface area contributed by atoms with E-state index >= 15 is 0 Å². The van der Waals surface area contributed by atoms with Crippen molar-refractivity contribution in [2.24, 2.45) is 0 Å². The van der Waals surface area contributed by atoms with Gasteiger partial charge in [-0.15, -0.1) is 0 Å². The summed E-state index contributed by atoms with van der Waals surface area (Å²) in [5.41, 5.74) is 0. The molecule has 1 rings (SSSR count). The first-order valence-electron chi connectivity index (χ1n) is 7.11. The van der Waals surface area contributed by atoms with Crippen LogP contribution in [0.25, 0.3) is 0 Å². The van der Waals surface area contributed by atoms with Gasteiger partial charge in [0.05, 0.1) is 12.3 Å². The fraction of sp³-hybridized carbons (Fsp3) is 0.923. The first-order valence-corrected chi connectivity index (χ1v) is 9.17. The molecule has 0 aromatic carbocycles. The highest BCUT2D eigenvalue weighted by Crippen LogP contribution is 2.10. The van der Waals surface area contributed by atoms with Crippen LogP contribution in [0, 0.1) is 0 Å². The Labute approximate surface area is 122 Å². The molecule has 1 amide bonds. The van der Waals surface area contributed by atoms with Crippen LogP contribution in [0.3, 0.4) is 0 Å². The lowest BCUT2D eigenvalue weighted by Gasteiger charge is -2.32. The van der Waals surface area contributed by atoms with Crippen molar-refractivity contribution in [3.8, 4) is 0 Å². The normalized spacial score (nSPS) is 18.1. The molecule has 1 fully saturated rings. The quantitative estimate of drug-likeness (QED) is 0.646. The highest BCUT2D eigenvalue weighted by atomic mass is 32.2. The number of likely N-dealkylation sites (tertiary alicyclic amines) is 1. The summed E-state index contributed by atoms with van der Waals surface area (Å²) in [4.78, 5) is 15.4. The number of piperidine rings is 1. The molecule has 0 radical (unpaired) electrons. The van der Waals surface area contributed by atoms with E-state index in [9.17, 15) is 13.2 Å². The van der Waals surface area contributed by atoms with Crippen molar-refractivity contribution in [3.05, 3.63) is 0 Å². The zero-order chi connectivity index (χ0) is 15.2. The summed E-state index contributed by atoms with van der Waals surface area (Å²) in [6, 6.07) is 0.445. The Hall–Kier alpha value is -0.660. The summed E-state index contributed by atoms with van der Waals surface area (Å²) in [5, 5.41) is 3.40. The van der Waals surface area contributed by atoms with Gasteiger partial charge in [-0.05, 0) is 25.8 Å². The largest absolute Gasteiger partial charge is 0.348 e. The summed E-state index contributed by atoms with van der Waals surface area (Å²) in [6.07, 6.45) is 3.96. The average molecular weight is 305 g/mol. The number of likely N-dealkylation sites (N-methyl/N-ethyl adjacent to an activating group) is 1. The molecule has 0 aliphatic carbocycles. The zero-order valence-corrected chi connectivity index (χ0v) is 13.6. The van der Waals surface area contributed by atoms with E-state index < -0.39 is 9.84 Å². The van der Waals surface area contributed by atoms with Crippen LogP contribution in [-0.2, 0) is 14.6 Å². The molecule has 0 bridgehead atoms. The maximum atomic E-state index is 11.6. The minimum absolute atomic E-state index is 0.143. The Balaban J connectivity index is 2.14. The van der Waals surface area contributed by atoms with Gasteiger partial charge in [-0.3, -0.25) is 9.69 Å². The van der Waals surface area contributed by atoms with Gasteiger partial charge in [0.15, 0.2) is 0 Å². The molecule has 7 heteroatoms. The summed E-state index contributed by atoms with van der Waals surface area (Å²) in [7, 11) is 0.705. The Morgan fingerprint density at radius 2 is 1.90 bits per heavy atom. The van der Waals surface area contributed by atoms with E-state index in [-0.39, 0.29) is 11.7 Å². The molecule has 0 aromatic rings. The smallest absolute Gasteiger partial charge is 0.236 e. The molecule has 1 saturated heterocycles. The Bertz CT molecular complexity index is 401. The van der Waals surface area contributed by atoms with Gasteiger partial charge in [0.2, 0.25) is 5.91 Å². The third-order valence-electron chi connectivity index (χ3n) is 3.57. The van der Waals surface area contributed by atoms with E-state index in [1.54, 1.807) is 19.0 Å². The molecule has 0 unspecified atom stereocenters. The van der Waals surface area contributed by atoms with Crippen LogP contribution in [0.1, 0.15) is 19.3 Å². The Morgan fingerprint density at radius 1 is 1.30 bits per heavy atom. The average Bonchev–Trinajstić information content (AvgIpc) is 2.35. The minimum atomic E-state index is -2.85. The van der Waals surface area contributed by atoms with E-state index in [2.05, 4.69) is 10.2 Å². The lowest BCUT2D eigenvalue weighted by molar-refractivity contribution is -0.130. The van der Waals surface area contributed by atoms with Crippen LogP contribution < -0.4 is 5.32 Å². The van der Waals surface area contributed by atoms with Crippen molar-refractivity contribution in [2.75, 3.05) is 52.3 Å². The predicted octanol–water partition coefficient (Wildman–Crippen LogP) is -0.437. The van der Waals surface area contributed by atoms with Crippen molar-refractivity contribution in [3.63, 3.8) is 0 Å². The number of nitrogens with one attached hydrogen (secondary N) is 1. The molecular weight excluding hydrogens is 278 g/mol. The van der Waals surface area contributed by atoms with Crippen LogP contribution in [0.2, 0.25) is 0 Å². The number of rotatable bonds is 7. The van der Waals surface area contributed by atoms with Crippen LogP contribution in [0.5, 0.6) is 0 Å². The third-order valence-corrected chi connectivity index (χ3v) is 4.60. The van der Waals surface area contributed by atoms with Crippen molar-refractivity contribution in [1.29, 1.82) is 0 Å². The number of amides is 1. The van der Waals surface area contributed by atoms with Gasteiger partial charge in [-0.25, -0.2) is 8.42 Å². The number of hydrogen-bond donors (Lipinski definition) is 1. The molecule has 1 N–H and O–H groups in total. The monoisotopic (exact) mass is 305 g/mol. The lowest BCUT2D eigenvalue weighted by Crippen LogP contribution is -2.46. The Kier molecular flexibility index (Phi) is 6.91. The van der Waals surface area contributed by atoms with Gasteiger partial charge in [0.1, 0.15) is 9.84 Å². The van der Waals surface area contributed by atoms with Gasteiger partial charge >= 0.3 is 0 Å². The minimum Gasteiger partial charge on any atom is -0.348 e. The highest BCUT2D eigenvalue weighted by molar-refractivity contribution is 7.90. The molecule has 0 aromatic heterocycles. The summed E-state index contributed by atoms with van der Waals surface area (Å²) >= 11 is 0. The first-order chi connectivity index (χ1) is 9.28. The molecule has 118 valence electrons. The van der Waals surface area contributed by atoms with Crippen molar-refractivity contribution in [1.82, 2.24) is 15.1 Å². The molecule has 1 aliphatic rings. The molecule has 1 heterocycles. The number of nitrogens with zero attached hydrogens (tertiary/aromatic N) is 2. The van der Waals surface area contributed by atoms with Gasteiger partial charge in [0, 0.05) is 39.5 Å². The van der Waals surface area contributed by atoms with Crippen LogP contribution in [-0.4, -0.2) is 82.4 Å². The van der Waals surface area contributed by atoms with Gasteiger partial charge in [0.25, 0.3) is 0 Å². The number of hydrogen-bond acceptors (Lipinski definition) is 5. The fourth-order valence-corrected chi connectivity index (χ4v) is 2.94. The van der Waals surface area contributed by atoms with Crippen LogP contribution >= 0.6 is 0 Å². The lowest BCUT2D eigenvalue weighted by atomic mass is 10.0. The topological polar surface area (TPSA) is 69.7 Å². The number of sulfone groups is 1. The summed E-state index contributed by atoms with van der Waals surface area (Å²) < 4.78 is 22.0. The van der Waals surface area contributed by atoms with E-state index in [4.69, 9.17) is 0 Å². The maximum absolute atomic E-state index is 11.6. The van der Waals surface area contributed by atoms with Crippen LogP contribution in [0.15, 0.2) is 0 Å². The predicted molar refractivity (Wildman–Crippen MR) is 80.5 cm³/mol. The van der Waals surface area contributed by atoms with Gasteiger partial charge in [-0.2, -0.15) is 0 Å². The number of carbonyl (C=O) groups is 1. The SMILES string of the molecule is CN(C)C(=O)CN1CCC(NCCCS(C)(=O)=O)CC1. The standard InChI is InChI=1S/C13H27N3O3S/c1-15(2)13(17)11-16-8-5-12(6-9-16)14-7-4-10-20(3,18)19/h12,14H,4-11H2,1-3H3. The Morgan fingerprint density at radius 3 is 2.40 bits per heavy atom. The molecule has 0 saturated carbocycles. The summed E-state index contributed by atoms with van der Waals surface area (Å²) in [6.45, 7) is 3.08. The second kappa shape index (κ2) is 7.95. The highest BCUT2D eigenvalue weighted by Gasteiger charge is 2.20. The molecule has 1 aliphatic heterocycles. The molecule has 6 nitrogen and oxygen atoms in total. The van der Waals surface area contributed by atoms with Crippen molar-refractivity contribution in [2.45, 2.75) is 25.3 Å². The van der Waals surface area contributed by atoms with Crippen molar-refractivity contribution >= 4 is 15.7 Å². The maximum Gasteiger partial charge on any atom is 0.236 e.